The second kappa shape index (κ2) is 7.50. The van der Waals surface area contributed by atoms with Crippen LogP contribution in [0.4, 0.5) is 0 Å². The molecule has 1 atom stereocenters. The Labute approximate surface area is 159 Å². The van der Waals surface area contributed by atoms with E-state index in [0.717, 1.165) is 16.3 Å². The minimum Gasteiger partial charge on any atom is -0.345 e. The molecule has 0 aliphatic rings. The number of benzene rings is 3. The van der Waals surface area contributed by atoms with E-state index in [0.29, 0.717) is 11.1 Å². The van der Waals surface area contributed by atoms with Crippen molar-refractivity contribution in [3.8, 4) is 0 Å². The predicted molar refractivity (Wildman–Crippen MR) is 107 cm³/mol. The van der Waals surface area contributed by atoms with Gasteiger partial charge in [-0.25, -0.2) is 13.1 Å². The number of amides is 1. The Morgan fingerprint density at radius 2 is 1.70 bits per heavy atom. The minimum absolute atomic E-state index is 0.0681. The normalized spacial score (nSPS) is 12.7. The van der Waals surface area contributed by atoms with E-state index in [1.165, 1.54) is 19.2 Å². The summed E-state index contributed by atoms with van der Waals surface area (Å²) in [7, 11) is -2.27. The third-order valence-electron chi connectivity index (χ3n) is 4.67. The van der Waals surface area contributed by atoms with Gasteiger partial charge in [-0.2, -0.15) is 0 Å². The summed E-state index contributed by atoms with van der Waals surface area (Å²) in [4.78, 5) is 12.9. The number of hydrogen-bond acceptors (Lipinski definition) is 3. The van der Waals surface area contributed by atoms with Crippen LogP contribution in [0.25, 0.3) is 10.8 Å². The first-order chi connectivity index (χ1) is 12.8. The molecule has 0 spiro atoms. The lowest BCUT2D eigenvalue weighted by atomic mass is 9.99. The molecule has 3 aromatic carbocycles. The summed E-state index contributed by atoms with van der Waals surface area (Å²) < 4.78 is 26.3. The molecule has 0 heterocycles. The molecular formula is C21H22N2O3S. The van der Waals surface area contributed by atoms with E-state index in [9.17, 15) is 13.2 Å². The number of rotatable bonds is 5. The Morgan fingerprint density at radius 1 is 1.00 bits per heavy atom. The maximum atomic E-state index is 12.8. The molecule has 0 aliphatic heterocycles. The van der Waals surface area contributed by atoms with Gasteiger partial charge in [0.2, 0.25) is 10.0 Å². The molecule has 0 saturated carbocycles. The molecule has 3 rings (SSSR count). The van der Waals surface area contributed by atoms with Crippen LogP contribution >= 0.6 is 0 Å². The molecule has 0 aromatic heterocycles. The number of fused-ring (bicyclic) bond motifs is 1. The summed E-state index contributed by atoms with van der Waals surface area (Å²) in [5, 5.41) is 5.17. The first-order valence-corrected chi connectivity index (χ1v) is 10.1. The van der Waals surface area contributed by atoms with Crippen molar-refractivity contribution in [3.05, 3.63) is 77.4 Å². The van der Waals surface area contributed by atoms with Crippen molar-refractivity contribution in [1.82, 2.24) is 10.0 Å². The highest BCUT2D eigenvalue weighted by atomic mass is 32.2. The maximum Gasteiger partial charge on any atom is 0.252 e. The number of hydrogen-bond donors (Lipinski definition) is 2. The van der Waals surface area contributed by atoms with Crippen LogP contribution in [-0.2, 0) is 10.0 Å². The Morgan fingerprint density at radius 3 is 2.44 bits per heavy atom. The highest BCUT2D eigenvalue weighted by Gasteiger charge is 2.19. The van der Waals surface area contributed by atoms with Crippen LogP contribution in [0.5, 0.6) is 0 Å². The molecule has 140 valence electrons. The molecule has 0 unspecified atom stereocenters. The molecule has 0 bridgehead atoms. The lowest BCUT2D eigenvalue weighted by molar-refractivity contribution is 0.0939. The quantitative estimate of drug-likeness (QED) is 0.709. The summed E-state index contributed by atoms with van der Waals surface area (Å²) in [6, 6.07) is 18.3. The topological polar surface area (TPSA) is 75.3 Å². The van der Waals surface area contributed by atoms with E-state index >= 15 is 0 Å². The molecule has 1 amide bonds. The molecule has 2 N–H and O–H groups in total. The number of sulfonamides is 1. The fourth-order valence-corrected chi connectivity index (χ4v) is 3.87. The molecular weight excluding hydrogens is 360 g/mol. The van der Waals surface area contributed by atoms with Crippen LogP contribution in [-0.4, -0.2) is 21.4 Å². The third-order valence-corrected chi connectivity index (χ3v) is 6.08. The van der Waals surface area contributed by atoms with Gasteiger partial charge in [0.25, 0.3) is 5.91 Å². The number of nitrogens with one attached hydrogen (secondary N) is 2. The Hall–Kier alpha value is -2.70. The molecule has 0 radical (unpaired) electrons. The smallest absolute Gasteiger partial charge is 0.252 e. The van der Waals surface area contributed by atoms with Crippen LogP contribution in [0.3, 0.4) is 0 Å². The van der Waals surface area contributed by atoms with Crippen molar-refractivity contribution < 1.29 is 13.2 Å². The highest BCUT2D eigenvalue weighted by molar-refractivity contribution is 7.89. The molecule has 6 heteroatoms. The third kappa shape index (κ3) is 3.86. The number of carbonyl (C=O) groups excluding carboxylic acids is 1. The second-order valence-corrected chi connectivity index (χ2v) is 8.33. The van der Waals surface area contributed by atoms with E-state index in [2.05, 4.69) is 10.0 Å². The van der Waals surface area contributed by atoms with Gasteiger partial charge in [0, 0.05) is 5.56 Å². The van der Waals surface area contributed by atoms with Gasteiger partial charge in [0.05, 0.1) is 10.9 Å². The van der Waals surface area contributed by atoms with Crippen LogP contribution in [0, 0.1) is 6.92 Å². The summed E-state index contributed by atoms with van der Waals surface area (Å²) in [5.74, 6) is -0.305. The summed E-state index contributed by atoms with van der Waals surface area (Å²) in [6.07, 6.45) is 0. The molecule has 0 fully saturated rings. The fraction of sp³-hybridized carbons (Fsp3) is 0.190. The Kier molecular flexibility index (Phi) is 5.30. The SMILES string of the molecule is CNS(=O)(=O)c1ccc(C)c(C(=O)N[C@H](C)c2cccc3ccccc23)c1. The first kappa shape index (κ1) is 19.1. The monoisotopic (exact) mass is 382 g/mol. The molecule has 0 saturated heterocycles. The van der Waals surface area contributed by atoms with E-state index < -0.39 is 10.0 Å². The van der Waals surface area contributed by atoms with Gasteiger partial charge in [-0.1, -0.05) is 48.5 Å². The number of aryl methyl sites for hydroxylation is 1. The summed E-state index contributed by atoms with van der Waals surface area (Å²) in [5.41, 5.74) is 2.07. The summed E-state index contributed by atoms with van der Waals surface area (Å²) >= 11 is 0. The van der Waals surface area contributed by atoms with Crippen LogP contribution in [0.2, 0.25) is 0 Å². The number of carbonyl (C=O) groups is 1. The maximum absolute atomic E-state index is 12.8. The van der Waals surface area contributed by atoms with Crippen LogP contribution in [0.1, 0.15) is 34.5 Å². The first-order valence-electron chi connectivity index (χ1n) is 8.66. The Bertz CT molecular complexity index is 1100. The summed E-state index contributed by atoms with van der Waals surface area (Å²) in [6.45, 7) is 3.70. The van der Waals surface area contributed by atoms with Crippen molar-refractivity contribution in [1.29, 1.82) is 0 Å². The predicted octanol–water partition coefficient (Wildman–Crippen LogP) is 3.55. The van der Waals surface area contributed by atoms with Gasteiger partial charge >= 0.3 is 0 Å². The molecule has 0 aliphatic carbocycles. The molecule has 3 aromatic rings. The van der Waals surface area contributed by atoms with Gasteiger partial charge in [-0.15, -0.1) is 0 Å². The van der Waals surface area contributed by atoms with Crippen molar-refractivity contribution >= 4 is 26.7 Å². The lowest BCUT2D eigenvalue weighted by Crippen LogP contribution is -2.28. The molecule has 27 heavy (non-hydrogen) atoms. The van der Waals surface area contributed by atoms with Gasteiger partial charge < -0.3 is 5.32 Å². The van der Waals surface area contributed by atoms with Crippen molar-refractivity contribution in [3.63, 3.8) is 0 Å². The second-order valence-electron chi connectivity index (χ2n) is 6.45. The van der Waals surface area contributed by atoms with Gasteiger partial charge in [-0.05, 0) is 54.9 Å². The van der Waals surface area contributed by atoms with Gasteiger partial charge in [0.15, 0.2) is 0 Å². The van der Waals surface area contributed by atoms with E-state index in [1.54, 1.807) is 13.0 Å². The highest BCUT2D eigenvalue weighted by Crippen LogP contribution is 2.25. The lowest BCUT2D eigenvalue weighted by Gasteiger charge is -2.18. The molecule has 5 nitrogen and oxygen atoms in total. The largest absolute Gasteiger partial charge is 0.345 e. The van der Waals surface area contributed by atoms with Crippen LogP contribution in [0.15, 0.2) is 65.6 Å². The van der Waals surface area contributed by atoms with E-state index in [4.69, 9.17) is 0 Å². The Balaban J connectivity index is 1.92. The van der Waals surface area contributed by atoms with Gasteiger partial charge in [0.1, 0.15) is 0 Å². The minimum atomic E-state index is -3.61. The van der Waals surface area contributed by atoms with Crippen molar-refractivity contribution in [2.45, 2.75) is 24.8 Å². The zero-order valence-electron chi connectivity index (χ0n) is 15.5. The zero-order valence-corrected chi connectivity index (χ0v) is 16.3. The van der Waals surface area contributed by atoms with Crippen molar-refractivity contribution in [2.75, 3.05) is 7.05 Å². The van der Waals surface area contributed by atoms with Crippen LogP contribution < -0.4 is 10.0 Å². The van der Waals surface area contributed by atoms with Crippen molar-refractivity contribution in [2.24, 2.45) is 0 Å². The average molecular weight is 382 g/mol. The average Bonchev–Trinajstić information content (AvgIpc) is 2.67. The van der Waals surface area contributed by atoms with Gasteiger partial charge in [-0.3, -0.25) is 4.79 Å². The fourth-order valence-electron chi connectivity index (χ4n) is 3.11. The van der Waals surface area contributed by atoms with E-state index in [1.807, 2.05) is 49.4 Å². The standard InChI is InChI=1S/C21H22N2O3S/c1-14-11-12-17(27(25,26)22-3)13-20(14)21(24)23-15(2)18-10-6-8-16-7-4-5-9-19(16)18/h4-13,15,22H,1-3H3,(H,23,24)/t15-/m1/s1. The van der Waals surface area contributed by atoms with E-state index in [-0.39, 0.29) is 16.8 Å². The zero-order chi connectivity index (χ0) is 19.6.